The number of amides is 4. The number of hydrogen-bond donors (Lipinski definition) is 1. The molecular weight excluding hydrogens is 718 g/mol. The van der Waals surface area contributed by atoms with Gasteiger partial charge in [-0.25, -0.2) is 9.69 Å². The Balaban J connectivity index is 1.21. The zero-order chi connectivity index (χ0) is 35.8. The van der Waals surface area contributed by atoms with E-state index in [-0.39, 0.29) is 24.0 Å². The highest BCUT2D eigenvalue weighted by molar-refractivity contribution is 9.10. The summed E-state index contributed by atoms with van der Waals surface area (Å²) in [6.45, 7) is 2.08. The molecule has 1 saturated heterocycles. The molecule has 0 unspecified atom stereocenters. The lowest BCUT2D eigenvalue weighted by Crippen LogP contribution is -2.54. The minimum absolute atomic E-state index is 0.0741. The van der Waals surface area contributed by atoms with Gasteiger partial charge in [0.1, 0.15) is 23.7 Å². The number of hydrogen-bond acceptors (Lipinski definition) is 6. The van der Waals surface area contributed by atoms with E-state index in [1.165, 1.54) is 22.9 Å². The predicted molar refractivity (Wildman–Crippen MR) is 205 cm³/mol. The Morgan fingerprint density at radius 1 is 0.788 bits per heavy atom. The molecule has 8 nitrogen and oxygen atoms in total. The van der Waals surface area contributed by atoms with Gasteiger partial charge in [0.15, 0.2) is 0 Å². The van der Waals surface area contributed by atoms with Crippen LogP contribution in [0.15, 0.2) is 125 Å². The molecule has 260 valence electrons. The first-order valence-electron chi connectivity index (χ1n) is 17.4. The maximum absolute atomic E-state index is 14.4. The fourth-order valence-electron chi connectivity index (χ4n) is 7.64. The zero-order valence-electron chi connectivity index (χ0n) is 28.6. The second-order valence-corrected chi connectivity index (χ2v) is 14.2. The molecule has 5 aromatic carbocycles. The molecule has 0 spiro atoms. The van der Waals surface area contributed by atoms with Crippen molar-refractivity contribution in [2.24, 2.45) is 0 Å². The predicted octanol–water partition coefficient (Wildman–Crippen LogP) is 8.58. The van der Waals surface area contributed by atoms with Gasteiger partial charge in [0.05, 0.1) is 12.8 Å². The summed E-state index contributed by atoms with van der Waals surface area (Å²) in [5.74, 6) is -0.340. The summed E-state index contributed by atoms with van der Waals surface area (Å²) in [6, 6.07) is 36.9. The Morgan fingerprint density at radius 3 is 2.00 bits per heavy atom. The molecule has 3 aliphatic rings. The number of carbonyl (C=O) groups is 3. The molecule has 0 saturated carbocycles. The van der Waals surface area contributed by atoms with Crippen LogP contribution in [-0.4, -0.2) is 38.0 Å². The van der Waals surface area contributed by atoms with Crippen molar-refractivity contribution in [2.75, 3.05) is 30.0 Å². The summed E-state index contributed by atoms with van der Waals surface area (Å²) in [6.07, 6.45) is 3.29. The molecule has 8 rings (SSSR count). The number of anilines is 2. The van der Waals surface area contributed by atoms with Gasteiger partial charge in [-0.3, -0.25) is 14.9 Å². The Bertz CT molecular complexity index is 2130. The van der Waals surface area contributed by atoms with Crippen LogP contribution in [0.25, 0.3) is 6.08 Å². The maximum atomic E-state index is 14.4. The summed E-state index contributed by atoms with van der Waals surface area (Å²) in [5.41, 5.74) is 7.38. The molecule has 1 fully saturated rings. The number of urea groups is 1. The number of carbonyl (C=O) groups excluding carboxylic acids is 3. The van der Waals surface area contributed by atoms with Crippen molar-refractivity contribution in [3.63, 3.8) is 0 Å². The molecule has 0 bridgehead atoms. The largest absolute Gasteiger partial charge is 0.497 e. The normalized spacial score (nSPS) is 19.0. The average Bonchev–Trinajstić information content (AvgIpc) is 3.17. The Morgan fingerprint density at radius 2 is 1.40 bits per heavy atom. The summed E-state index contributed by atoms with van der Waals surface area (Å²) in [5, 5.41) is 2.44. The van der Waals surface area contributed by atoms with Crippen molar-refractivity contribution in [3.05, 3.63) is 159 Å². The third kappa shape index (κ3) is 6.37. The highest BCUT2D eigenvalue weighted by Crippen LogP contribution is 2.50. The van der Waals surface area contributed by atoms with Crippen LogP contribution in [0.5, 0.6) is 11.5 Å². The van der Waals surface area contributed by atoms with Crippen molar-refractivity contribution in [2.45, 2.75) is 31.3 Å². The van der Waals surface area contributed by atoms with E-state index >= 15 is 0 Å². The molecule has 3 heterocycles. The fraction of sp³-hybridized carbons (Fsp3) is 0.186. The van der Waals surface area contributed by atoms with Crippen LogP contribution in [0, 0.1) is 0 Å². The molecule has 0 aliphatic carbocycles. The highest BCUT2D eigenvalue weighted by atomic mass is 79.9. The van der Waals surface area contributed by atoms with Crippen molar-refractivity contribution in [1.29, 1.82) is 0 Å². The van der Waals surface area contributed by atoms with Crippen LogP contribution in [-0.2, 0) is 16.2 Å². The lowest BCUT2D eigenvalue weighted by Gasteiger charge is -2.44. The van der Waals surface area contributed by atoms with E-state index in [0.29, 0.717) is 22.7 Å². The second kappa shape index (κ2) is 14.2. The third-order valence-corrected chi connectivity index (χ3v) is 10.7. The molecule has 5 aromatic rings. The summed E-state index contributed by atoms with van der Waals surface area (Å²) in [4.78, 5) is 45.1. The lowest BCUT2D eigenvalue weighted by molar-refractivity contribution is -0.122. The minimum Gasteiger partial charge on any atom is -0.497 e. The monoisotopic (exact) mass is 753 g/mol. The standard InChI is InChI=1S/C43H36BrN3O5/c1-51-33-17-14-30(39(25-33)52-26-27-12-15-31(44)16-13-27)22-38-41(48)45-43(50)47(42(38)49)32-23-36-34(28-8-4-2-5-9-28)18-20-46-21-19-35(37(24-32)40(36)46)29-10-6-3-7-11-29/h2-17,22-25,34-35H,18-21,26H2,1H3,(H,45,48,50)/b38-22+/t34-,35+. The first-order chi connectivity index (χ1) is 25.4. The zero-order valence-corrected chi connectivity index (χ0v) is 30.1. The molecule has 2 atom stereocenters. The summed E-state index contributed by atoms with van der Waals surface area (Å²) >= 11 is 3.46. The Hall–Kier alpha value is -5.67. The maximum Gasteiger partial charge on any atom is 0.335 e. The lowest BCUT2D eigenvalue weighted by atomic mass is 9.76. The number of methoxy groups -OCH3 is 1. The van der Waals surface area contributed by atoms with Gasteiger partial charge >= 0.3 is 6.03 Å². The van der Waals surface area contributed by atoms with Crippen LogP contribution in [0.4, 0.5) is 16.2 Å². The topological polar surface area (TPSA) is 88.2 Å². The highest BCUT2D eigenvalue weighted by Gasteiger charge is 2.40. The van der Waals surface area contributed by atoms with E-state index in [4.69, 9.17) is 9.47 Å². The van der Waals surface area contributed by atoms with Crippen molar-refractivity contribution < 1.29 is 23.9 Å². The third-order valence-electron chi connectivity index (χ3n) is 10.2. The van der Waals surface area contributed by atoms with Crippen molar-refractivity contribution in [3.8, 4) is 11.5 Å². The molecular formula is C43H36BrN3O5. The Labute approximate surface area is 310 Å². The molecule has 1 N–H and O–H groups in total. The summed E-state index contributed by atoms with van der Waals surface area (Å²) < 4.78 is 12.6. The van der Waals surface area contributed by atoms with E-state index in [1.807, 2.05) is 72.8 Å². The van der Waals surface area contributed by atoms with Gasteiger partial charge in [-0.15, -0.1) is 0 Å². The molecule has 0 radical (unpaired) electrons. The van der Waals surface area contributed by atoms with E-state index in [0.717, 1.165) is 52.0 Å². The number of barbiturate groups is 1. The molecule has 0 aromatic heterocycles. The van der Waals surface area contributed by atoms with Gasteiger partial charge in [-0.05, 0) is 83.1 Å². The van der Waals surface area contributed by atoms with Gasteiger partial charge in [0, 0.05) is 46.7 Å². The van der Waals surface area contributed by atoms with Gasteiger partial charge in [-0.1, -0.05) is 88.7 Å². The number of benzene rings is 5. The smallest absolute Gasteiger partial charge is 0.335 e. The van der Waals surface area contributed by atoms with E-state index in [9.17, 15) is 14.4 Å². The van der Waals surface area contributed by atoms with Crippen LogP contribution in [0.2, 0.25) is 0 Å². The van der Waals surface area contributed by atoms with E-state index in [2.05, 4.69) is 50.4 Å². The molecule has 3 aliphatic heterocycles. The average molecular weight is 755 g/mol. The number of nitrogens with one attached hydrogen (secondary N) is 1. The molecule has 4 amide bonds. The SMILES string of the molecule is COc1ccc(/C=C2\C(=O)NC(=O)N(c3cc4c5c(c3)[C@H](c3ccccc3)CCN5CC[C@@H]4c3ccccc3)C2=O)c(OCc2ccc(Br)cc2)c1. The van der Waals surface area contributed by atoms with Gasteiger partial charge in [-0.2, -0.15) is 0 Å². The van der Waals surface area contributed by atoms with Gasteiger partial charge in [0.25, 0.3) is 11.8 Å². The molecule has 52 heavy (non-hydrogen) atoms. The minimum atomic E-state index is -0.781. The van der Waals surface area contributed by atoms with Gasteiger partial charge in [0.2, 0.25) is 0 Å². The van der Waals surface area contributed by atoms with Gasteiger partial charge < -0.3 is 14.4 Å². The number of halogens is 1. The first kappa shape index (κ1) is 33.5. The van der Waals surface area contributed by atoms with E-state index < -0.39 is 17.8 Å². The number of nitrogens with zero attached hydrogens (tertiary/aromatic N) is 2. The van der Waals surface area contributed by atoms with Crippen LogP contribution in [0.3, 0.4) is 0 Å². The van der Waals surface area contributed by atoms with Crippen molar-refractivity contribution in [1.82, 2.24) is 5.32 Å². The van der Waals surface area contributed by atoms with Crippen LogP contribution < -0.4 is 24.6 Å². The summed E-state index contributed by atoms with van der Waals surface area (Å²) in [7, 11) is 1.56. The van der Waals surface area contributed by atoms with E-state index in [1.54, 1.807) is 25.3 Å². The first-order valence-corrected chi connectivity index (χ1v) is 18.2. The quantitative estimate of drug-likeness (QED) is 0.126. The number of rotatable bonds is 8. The Kier molecular flexibility index (Phi) is 9.11. The van der Waals surface area contributed by atoms with Crippen LogP contribution >= 0.6 is 15.9 Å². The fourth-order valence-corrected chi connectivity index (χ4v) is 7.91. The molecule has 9 heteroatoms. The van der Waals surface area contributed by atoms with Crippen LogP contribution in [0.1, 0.15) is 58.1 Å². The number of imide groups is 2. The van der Waals surface area contributed by atoms with Crippen molar-refractivity contribution >= 4 is 51.2 Å². The second-order valence-electron chi connectivity index (χ2n) is 13.2. The number of ether oxygens (including phenoxy) is 2.